The Morgan fingerprint density at radius 3 is 2.84 bits per heavy atom. The zero-order valence-corrected chi connectivity index (χ0v) is 11.9. The van der Waals surface area contributed by atoms with E-state index in [0.29, 0.717) is 10.3 Å². The van der Waals surface area contributed by atoms with E-state index in [0.717, 1.165) is 31.6 Å². The van der Waals surface area contributed by atoms with Gasteiger partial charge in [-0.25, -0.2) is 4.98 Å². The van der Waals surface area contributed by atoms with Crippen molar-refractivity contribution in [2.45, 2.75) is 49.3 Å². The molecule has 19 heavy (non-hydrogen) atoms. The third-order valence-corrected chi connectivity index (χ3v) is 4.50. The minimum Gasteiger partial charge on any atom is -0.370 e. The largest absolute Gasteiger partial charge is 0.370 e. The highest BCUT2D eigenvalue weighted by molar-refractivity contribution is 8.00. The van der Waals surface area contributed by atoms with Gasteiger partial charge in [0, 0.05) is 17.9 Å². The standard InChI is InChI=1S/C13H19N3O2S/c1-2-9-14-12-8-7-11(16(17)18)13(15-12)19-10-5-3-4-6-10/h7-8,10H,2-6,9H2,1H3,(H,14,15). The number of hydrogen-bond donors (Lipinski definition) is 1. The van der Waals surface area contributed by atoms with Crippen LogP contribution >= 0.6 is 11.8 Å². The summed E-state index contributed by atoms with van der Waals surface area (Å²) in [5.41, 5.74) is 0.124. The highest BCUT2D eigenvalue weighted by atomic mass is 32.2. The van der Waals surface area contributed by atoms with Crippen LogP contribution in [0.4, 0.5) is 11.5 Å². The van der Waals surface area contributed by atoms with Gasteiger partial charge in [-0.05, 0) is 25.3 Å². The van der Waals surface area contributed by atoms with E-state index in [9.17, 15) is 10.1 Å². The van der Waals surface area contributed by atoms with E-state index in [2.05, 4.69) is 17.2 Å². The first-order valence-electron chi connectivity index (χ1n) is 6.76. The third kappa shape index (κ3) is 3.83. The maximum Gasteiger partial charge on any atom is 0.301 e. The Kier molecular flexibility index (Phi) is 5.01. The number of rotatable bonds is 6. The van der Waals surface area contributed by atoms with Crippen LogP contribution in [0.15, 0.2) is 17.2 Å². The van der Waals surface area contributed by atoms with E-state index in [1.165, 1.54) is 12.8 Å². The molecule has 1 aromatic heterocycles. The molecule has 1 N–H and O–H groups in total. The van der Waals surface area contributed by atoms with Gasteiger partial charge in [-0.1, -0.05) is 31.5 Å². The van der Waals surface area contributed by atoms with Gasteiger partial charge in [0.25, 0.3) is 0 Å². The number of thioether (sulfide) groups is 1. The Labute approximate surface area is 117 Å². The van der Waals surface area contributed by atoms with Gasteiger partial charge < -0.3 is 5.32 Å². The molecular weight excluding hydrogens is 262 g/mol. The van der Waals surface area contributed by atoms with Crippen molar-refractivity contribution in [3.63, 3.8) is 0 Å². The molecule has 104 valence electrons. The summed E-state index contributed by atoms with van der Waals surface area (Å²) in [5.74, 6) is 0.730. The molecule has 1 fully saturated rings. The summed E-state index contributed by atoms with van der Waals surface area (Å²) < 4.78 is 0. The van der Waals surface area contributed by atoms with Crippen LogP contribution in [-0.2, 0) is 0 Å². The van der Waals surface area contributed by atoms with E-state index >= 15 is 0 Å². The summed E-state index contributed by atoms with van der Waals surface area (Å²) in [6.07, 6.45) is 5.72. The maximum absolute atomic E-state index is 11.1. The fraction of sp³-hybridized carbons (Fsp3) is 0.615. The zero-order valence-electron chi connectivity index (χ0n) is 11.1. The normalized spacial score (nSPS) is 15.6. The lowest BCUT2D eigenvalue weighted by atomic mass is 10.4. The summed E-state index contributed by atoms with van der Waals surface area (Å²) in [5, 5.41) is 15.3. The Morgan fingerprint density at radius 1 is 1.47 bits per heavy atom. The molecule has 1 saturated carbocycles. The average Bonchev–Trinajstić information content (AvgIpc) is 2.89. The Morgan fingerprint density at radius 2 is 2.21 bits per heavy atom. The smallest absolute Gasteiger partial charge is 0.301 e. The summed E-state index contributed by atoms with van der Waals surface area (Å²) in [6.45, 7) is 2.91. The van der Waals surface area contributed by atoms with E-state index in [-0.39, 0.29) is 10.6 Å². The molecule has 2 rings (SSSR count). The van der Waals surface area contributed by atoms with Gasteiger partial charge in [-0.3, -0.25) is 10.1 Å². The number of nitro groups is 1. The van der Waals surface area contributed by atoms with Gasteiger partial charge >= 0.3 is 5.69 Å². The van der Waals surface area contributed by atoms with Crippen LogP contribution in [-0.4, -0.2) is 21.7 Å². The number of nitrogens with one attached hydrogen (secondary N) is 1. The molecular formula is C13H19N3O2S. The topological polar surface area (TPSA) is 68.1 Å². The second kappa shape index (κ2) is 6.75. The van der Waals surface area contributed by atoms with E-state index in [1.54, 1.807) is 23.9 Å². The van der Waals surface area contributed by atoms with Crippen molar-refractivity contribution in [2.24, 2.45) is 0 Å². The van der Waals surface area contributed by atoms with Gasteiger partial charge in [-0.15, -0.1) is 0 Å². The predicted molar refractivity (Wildman–Crippen MR) is 77.8 cm³/mol. The molecule has 0 aromatic carbocycles. The number of hydrogen-bond acceptors (Lipinski definition) is 5. The molecule has 0 spiro atoms. The van der Waals surface area contributed by atoms with Crippen molar-refractivity contribution in [3.8, 4) is 0 Å². The van der Waals surface area contributed by atoms with Crippen molar-refractivity contribution in [1.29, 1.82) is 0 Å². The molecule has 0 saturated heterocycles. The first kappa shape index (κ1) is 14.1. The highest BCUT2D eigenvalue weighted by Gasteiger charge is 2.23. The zero-order chi connectivity index (χ0) is 13.7. The van der Waals surface area contributed by atoms with Crippen molar-refractivity contribution < 1.29 is 4.92 Å². The average molecular weight is 281 g/mol. The lowest BCUT2D eigenvalue weighted by Crippen LogP contribution is -2.05. The molecule has 0 radical (unpaired) electrons. The summed E-state index contributed by atoms with van der Waals surface area (Å²) in [4.78, 5) is 15.1. The van der Waals surface area contributed by atoms with Crippen LogP contribution in [0.1, 0.15) is 39.0 Å². The second-order valence-corrected chi connectivity index (χ2v) is 6.02. The molecule has 0 unspecified atom stereocenters. The van der Waals surface area contributed by atoms with Crippen LogP contribution in [0.3, 0.4) is 0 Å². The Balaban J connectivity index is 2.17. The molecule has 0 aliphatic heterocycles. The van der Waals surface area contributed by atoms with E-state index in [1.807, 2.05) is 0 Å². The van der Waals surface area contributed by atoms with Crippen LogP contribution in [0.25, 0.3) is 0 Å². The fourth-order valence-electron chi connectivity index (χ4n) is 2.17. The summed E-state index contributed by atoms with van der Waals surface area (Å²) in [7, 11) is 0. The quantitative estimate of drug-likeness (QED) is 0.633. The number of anilines is 1. The summed E-state index contributed by atoms with van der Waals surface area (Å²) in [6, 6.07) is 3.24. The van der Waals surface area contributed by atoms with Gasteiger partial charge in [-0.2, -0.15) is 0 Å². The third-order valence-electron chi connectivity index (χ3n) is 3.17. The molecule has 0 bridgehead atoms. The molecule has 1 heterocycles. The Bertz CT molecular complexity index is 448. The lowest BCUT2D eigenvalue weighted by Gasteiger charge is -2.10. The molecule has 5 nitrogen and oxygen atoms in total. The first-order valence-corrected chi connectivity index (χ1v) is 7.64. The minimum absolute atomic E-state index is 0.124. The predicted octanol–water partition coefficient (Wildman–Crippen LogP) is 3.85. The molecule has 1 aromatic rings. The minimum atomic E-state index is -0.339. The Hall–Kier alpha value is -1.30. The van der Waals surface area contributed by atoms with Gasteiger partial charge in [0.05, 0.1) is 4.92 Å². The SMILES string of the molecule is CCCNc1ccc([N+](=O)[O-])c(SC2CCCC2)n1. The molecule has 6 heteroatoms. The van der Waals surface area contributed by atoms with Crippen LogP contribution in [0, 0.1) is 10.1 Å². The summed E-state index contributed by atoms with van der Waals surface area (Å²) >= 11 is 1.56. The van der Waals surface area contributed by atoms with Crippen LogP contribution < -0.4 is 5.32 Å². The monoisotopic (exact) mass is 281 g/mol. The van der Waals surface area contributed by atoms with Crippen molar-refractivity contribution in [2.75, 3.05) is 11.9 Å². The van der Waals surface area contributed by atoms with Gasteiger partial charge in [0.2, 0.25) is 0 Å². The molecule has 1 aliphatic rings. The fourth-order valence-corrected chi connectivity index (χ4v) is 3.47. The van der Waals surface area contributed by atoms with Gasteiger partial charge in [0.15, 0.2) is 5.03 Å². The molecule has 0 atom stereocenters. The van der Waals surface area contributed by atoms with Crippen LogP contribution in [0.5, 0.6) is 0 Å². The van der Waals surface area contributed by atoms with E-state index in [4.69, 9.17) is 0 Å². The van der Waals surface area contributed by atoms with Crippen molar-refractivity contribution in [1.82, 2.24) is 4.98 Å². The van der Waals surface area contributed by atoms with Gasteiger partial charge in [0.1, 0.15) is 5.82 Å². The number of pyridine rings is 1. The first-order chi connectivity index (χ1) is 9.20. The number of nitrogens with zero attached hydrogens (tertiary/aromatic N) is 2. The second-order valence-electron chi connectivity index (χ2n) is 4.73. The molecule has 0 amide bonds. The van der Waals surface area contributed by atoms with Crippen molar-refractivity contribution >= 4 is 23.3 Å². The lowest BCUT2D eigenvalue weighted by molar-refractivity contribution is -0.388. The van der Waals surface area contributed by atoms with Crippen molar-refractivity contribution in [3.05, 3.63) is 22.2 Å². The maximum atomic E-state index is 11.1. The molecule has 1 aliphatic carbocycles. The van der Waals surface area contributed by atoms with Crippen LogP contribution in [0.2, 0.25) is 0 Å². The highest BCUT2D eigenvalue weighted by Crippen LogP contribution is 2.38. The van der Waals surface area contributed by atoms with E-state index < -0.39 is 0 Å². The number of aromatic nitrogens is 1.